The zero-order valence-corrected chi connectivity index (χ0v) is 11.9. The van der Waals surface area contributed by atoms with Crippen LogP contribution in [0.1, 0.15) is 43.2 Å². The van der Waals surface area contributed by atoms with Crippen molar-refractivity contribution < 1.29 is 4.42 Å². The lowest BCUT2D eigenvalue weighted by molar-refractivity contribution is 0.366. The van der Waals surface area contributed by atoms with E-state index >= 15 is 0 Å². The number of furan rings is 1. The lowest BCUT2D eigenvalue weighted by Crippen LogP contribution is -2.27. The summed E-state index contributed by atoms with van der Waals surface area (Å²) in [4.78, 5) is 0. The first-order chi connectivity index (χ1) is 9.75. The van der Waals surface area contributed by atoms with Crippen molar-refractivity contribution in [3.05, 3.63) is 47.7 Å². The molecule has 0 aliphatic heterocycles. The number of nitriles is 1. The lowest BCUT2D eigenvalue weighted by atomic mass is 9.70. The van der Waals surface area contributed by atoms with Crippen LogP contribution in [0.25, 0.3) is 11.3 Å². The fraction of sp³-hybridized carbons (Fsp3) is 0.389. The molecular formula is C18H19NO. The highest BCUT2D eigenvalue weighted by atomic mass is 16.3. The zero-order chi connectivity index (χ0) is 14.0. The van der Waals surface area contributed by atoms with E-state index < -0.39 is 0 Å². The molecule has 0 bridgehead atoms. The molecule has 0 spiro atoms. The van der Waals surface area contributed by atoms with E-state index in [0.717, 1.165) is 37.0 Å². The molecule has 1 fully saturated rings. The molecule has 0 amide bonds. The maximum atomic E-state index is 9.67. The molecule has 102 valence electrons. The summed E-state index contributed by atoms with van der Waals surface area (Å²) in [7, 11) is 0. The van der Waals surface area contributed by atoms with E-state index in [2.05, 4.69) is 31.2 Å². The van der Waals surface area contributed by atoms with E-state index in [1.165, 1.54) is 17.5 Å². The Labute approximate surface area is 120 Å². The number of nitrogens with zero attached hydrogens (tertiary/aromatic N) is 1. The third-order valence-corrected chi connectivity index (χ3v) is 4.49. The van der Waals surface area contributed by atoms with E-state index in [1.54, 1.807) is 6.26 Å². The van der Waals surface area contributed by atoms with Gasteiger partial charge in [0, 0.05) is 5.56 Å². The smallest absolute Gasteiger partial charge is 0.134 e. The van der Waals surface area contributed by atoms with Gasteiger partial charge in [-0.15, -0.1) is 0 Å². The summed E-state index contributed by atoms with van der Waals surface area (Å²) in [6.07, 6.45) is 7.25. The summed E-state index contributed by atoms with van der Waals surface area (Å²) >= 11 is 0. The highest BCUT2D eigenvalue weighted by Crippen LogP contribution is 2.40. The molecule has 3 rings (SSSR count). The summed E-state index contributed by atoms with van der Waals surface area (Å²) in [5.41, 5.74) is 3.19. The van der Waals surface area contributed by atoms with Gasteiger partial charge in [0.05, 0.1) is 17.7 Å². The van der Waals surface area contributed by atoms with E-state index in [4.69, 9.17) is 4.42 Å². The van der Waals surface area contributed by atoms with E-state index in [-0.39, 0.29) is 5.41 Å². The number of rotatable bonds is 2. The molecule has 0 N–H and O–H groups in total. The van der Waals surface area contributed by atoms with Crippen LogP contribution in [0.2, 0.25) is 0 Å². The average Bonchev–Trinajstić information content (AvgIpc) is 3.02. The van der Waals surface area contributed by atoms with Crippen LogP contribution in [-0.2, 0) is 5.41 Å². The summed E-state index contributed by atoms with van der Waals surface area (Å²) in [6.45, 7) is 2.09. The second kappa shape index (κ2) is 5.17. The van der Waals surface area contributed by atoms with Crippen LogP contribution < -0.4 is 0 Å². The van der Waals surface area contributed by atoms with Crippen LogP contribution in [0.15, 0.2) is 41.0 Å². The van der Waals surface area contributed by atoms with Gasteiger partial charge in [0.25, 0.3) is 0 Å². The van der Waals surface area contributed by atoms with Gasteiger partial charge in [0.1, 0.15) is 5.76 Å². The predicted molar refractivity (Wildman–Crippen MR) is 79.3 cm³/mol. The monoisotopic (exact) mass is 265 g/mol. The molecule has 2 aromatic rings. The van der Waals surface area contributed by atoms with Crippen molar-refractivity contribution >= 4 is 0 Å². The fourth-order valence-corrected chi connectivity index (χ4v) is 3.29. The van der Waals surface area contributed by atoms with E-state index in [9.17, 15) is 5.26 Å². The second-order valence-corrected chi connectivity index (χ2v) is 5.76. The van der Waals surface area contributed by atoms with Gasteiger partial charge in [-0.05, 0) is 43.0 Å². The lowest BCUT2D eigenvalue weighted by Gasteiger charge is -2.31. The van der Waals surface area contributed by atoms with Crippen molar-refractivity contribution in [1.82, 2.24) is 0 Å². The van der Waals surface area contributed by atoms with Crippen LogP contribution in [0, 0.1) is 18.3 Å². The molecular weight excluding hydrogens is 246 g/mol. The minimum atomic E-state index is -0.273. The number of hydrogen-bond donors (Lipinski definition) is 0. The zero-order valence-electron chi connectivity index (χ0n) is 11.9. The Kier molecular flexibility index (Phi) is 3.36. The summed E-state index contributed by atoms with van der Waals surface area (Å²) in [6, 6.07) is 12.8. The molecule has 1 aromatic heterocycles. The molecule has 1 heterocycles. The maximum Gasteiger partial charge on any atom is 0.134 e. The average molecular weight is 265 g/mol. The minimum Gasteiger partial charge on any atom is -0.464 e. The van der Waals surface area contributed by atoms with Crippen LogP contribution in [0.5, 0.6) is 0 Å². The Balaban J connectivity index is 2.00. The SMILES string of the molecule is Cc1cc(C2(C#N)CCCCC2)ccc1-c1ccco1. The van der Waals surface area contributed by atoms with Gasteiger partial charge in [0.15, 0.2) is 0 Å². The topological polar surface area (TPSA) is 36.9 Å². The molecule has 1 aliphatic carbocycles. The Bertz CT molecular complexity index is 628. The maximum absolute atomic E-state index is 9.67. The Morgan fingerprint density at radius 2 is 1.95 bits per heavy atom. The number of hydrogen-bond acceptors (Lipinski definition) is 2. The Hall–Kier alpha value is -2.01. The highest BCUT2D eigenvalue weighted by molar-refractivity contribution is 5.63. The van der Waals surface area contributed by atoms with Crippen molar-refractivity contribution in [3.63, 3.8) is 0 Å². The molecule has 20 heavy (non-hydrogen) atoms. The van der Waals surface area contributed by atoms with Crippen LogP contribution >= 0.6 is 0 Å². The molecule has 0 radical (unpaired) electrons. The summed E-state index contributed by atoms with van der Waals surface area (Å²) in [5.74, 6) is 0.892. The predicted octanol–water partition coefficient (Wildman–Crippen LogP) is 4.98. The molecule has 0 saturated heterocycles. The van der Waals surface area contributed by atoms with Crippen LogP contribution in [-0.4, -0.2) is 0 Å². The van der Waals surface area contributed by atoms with Crippen molar-refractivity contribution in [2.24, 2.45) is 0 Å². The molecule has 1 aliphatic rings. The molecule has 0 atom stereocenters. The molecule has 0 unspecified atom stereocenters. The normalized spacial score (nSPS) is 17.6. The summed E-state index contributed by atoms with van der Waals surface area (Å²) < 4.78 is 5.47. The minimum absolute atomic E-state index is 0.273. The Morgan fingerprint density at radius 3 is 2.55 bits per heavy atom. The van der Waals surface area contributed by atoms with Crippen molar-refractivity contribution in [2.75, 3.05) is 0 Å². The van der Waals surface area contributed by atoms with Gasteiger partial charge in [-0.2, -0.15) is 5.26 Å². The third kappa shape index (κ3) is 2.14. The number of benzene rings is 1. The third-order valence-electron chi connectivity index (χ3n) is 4.49. The standard InChI is InChI=1S/C18H19NO/c1-14-12-15(18(13-19)9-3-2-4-10-18)7-8-16(14)17-6-5-11-20-17/h5-8,11-12H,2-4,9-10H2,1H3. The molecule has 2 nitrogen and oxygen atoms in total. The summed E-state index contributed by atoms with van der Waals surface area (Å²) in [5, 5.41) is 9.67. The molecule has 2 heteroatoms. The molecule has 1 saturated carbocycles. The van der Waals surface area contributed by atoms with E-state index in [0.29, 0.717) is 0 Å². The molecule has 1 aromatic carbocycles. The first kappa shape index (κ1) is 13.0. The van der Waals surface area contributed by atoms with Crippen LogP contribution in [0.4, 0.5) is 0 Å². The van der Waals surface area contributed by atoms with Crippen molar-refractivity contribution in [3.8, 4) is 17.4 Å². The quantitative estimate of drug-likeness (QED) is 0.767. The van der Waals surface area contributed by atoms with Gasteiger partial charge in [-0.3, -0.25) is 0 Å². The fourth-order valence-electron chi connectivity index (χ4n) is 3.29. The first-order valence-electron chi connectivity index (χ1n) is 7.31. The van der Waals surface area contributed by atoms with Gasteiger partial charge < -0.3 is 4.42 Å². The van der Waals surface area contributed by atoms with Crippen LogP contribution in [0.3, 0.4) is 0 Å². The van der Waals surface area contributed by atoms with Gasteiger partial charge in [0.2, 0.25) is 0 Å². The highest BCUT2D eigenvalue weighted by Gasteiger charge is 2.34. The van der Waals surface area contributed by atoms with Crippen molar-refractivity contribution in [1.29, 1.82) is 5.26 Å². The van der Waals surface area contributed by atoms with E-state index in [1.807, 2.05) is 12.1 Å². The largest absolute Gasteiger partial charge is 0.464 e. The van der Waals surface area contributed by atoms with Gasteiger partial charge in [-0.25, -0.2) is 0 Å². The number of aryl methyl sites for hydroxylation is 1. The Morgan fingerprint density at radius 1 is 1.15 bits per heavy atom. The van der Waals surface area contributed by atoms with Crippen molar-refractivity contribution in [2.45, 2.75) is 44.4 Å². The second-order valence-electron chi connectivity index (χ2n) is 5.76. The first-order valence-corrected chi connectivity index (χ1v) is 7.31. The van der Waals surface area contributed by atoms with Gasteiger partial charge in [-0.1, -0.05) is 37.5 Å². The van der Waals surface area contributed by atoms with Gasteiger partial charge >= 0.3 is 0 Å².